The monoisotopic (exact) mass is 480 g/mol. The number of likely N-dealkylation sites (tertiary alicyclic amines) is 1. The third kappa shape index (κ3) is 4.84. The lowest BCUT2D eigenvalue weighted by Gasteiger charge is -2.25. The standard InChI is InChI=1S/C28H28N6O2/c1-33-18-23(16-32-33)22-14-25(26(29)30-15-22)27(35)31-17-24-8-5-13-34(24)28(36)21-11-9-20(10-12-21)19-6-3-2-4-7-19/h2-4,6-7,9-12,14-16,18,24H,5,8,13,17H2,1H3,(H2,29,30)(H,31,35)/t24-/m1/s1. The molecule has 3 N–H and O–H groups in total. The largest absolute Gasteiger partial charge is 0.383 e. The fraction of sp³-hybridized carbons (Fsp3) is 0.214. The molecule has 2 aromatic carbocycles. The van der Waals surface area contributed by atoms with Gasteiger partial charge in [-0.15, -0.1) is 0 Å². The van der Waals surface area contributed by atoms with Crippen molar-refractivity contribution in [3.8, 4) is 22.3 Å². The van der Waals surface area contributed by atoms with Crippen LogP contribution in [0.5, 0.6) is 0 Å². The summed E-state index contributed by atoms with van der Waals surface area (Å²) in [6.07, 6.45) is 6.92. The number of anilines is 1. The van der Waals surface area contributed by atoms with Gasteiger partial charge in [-0.3, -0.25) is 14.3 Å². The summed E-state index contributed by atoms with van der Waals surface area (Å²) in [5, 5.41) is 7.13. The number of nitrogens with zero attached hydrogens (tertiary/aromatic N) is 4. The molecule has 36 heavy (non-hydrogen) atoms. The lowest BCUT2D eigenvalue weighted by atomic mass is 10.0. The molecule has 8 heteroatoms. The maximum absolute atomic E-state index is 13.3. The van der Waals surface area contributed by atoms with E-state index in [9.17, 15) is 9.59 Å². The van der Waals surface area contributed by atoms with Gasteiger partial charge in [-0.1, -0.05) is 42.5 Å². The van der Waals surface area contributed by atoms with E-state index in [2.05, 4.69) is 15.4 Å². The molecule has 3 heterocycles. The number of aromatic nitrogens is 3. The van der Waals surface area contributed by atoms with E-state index < -0.39 is 0 Å². The smallest absolute Gasteiger partial charge is 0.255 e. The van der Waals surface area contributed by atoms with Crippen LogP contribution >= 0.6 is 0 Å². The van der Waals surface area contributed by atoms with E-state index in [-0.39, 0.29) is 23.7 Å². The lowest BCUT2D eigenvalue weighted by molar-refractivity contribution is 0.0725. The first-order valence-electron chi connectivity index (χ1n) is 12.0. The number of nitrogen functional groups attached to an aromatic ring is 1. The predicted molar refractivity (Wildman–Crippen MR) is 139 cm³/mol. The number of rotatable bonds is 6. The fourth-order valence-electron chi connectivity index (χ4n) is 4.61. The van der Waals surface area contributed by atoms with Crippen LogP contribution in [-0.2, 0) is 7.05 Å². The van der Waals surface area contributed by atoms with Crippen LogP contribution in [0, 0.1) is 0 Å². The third-order valence-corrected chi connectivity index (χ3v) is 6.58. The Morgan fingerprint density at radius 2 is 1.75 bits per heavy atom. The second-order valence-corrected chi connectivity index (χ2v) is 9.01. The van der Waals surface area contributed by atoms with E-state index in [4.69, 9.17) is 5.73 Å². The number of hydrogen-bond acceptors (Lipinski definition) is 5. The molecule has 1 aliphatic rings. The summed E-state index contributed by atoms with van der Waals surface area (Å²) in [6, 6.07) is 19.4. The van der Waals surface area contributed by atoms with Crippen LogP contribution < -0.4 is 11.1 Å². The minimum Gasteiger partial charge on any atom is -0.383 e. The van der Waals surface area contributed by atoms with Crippen molar-refractivity contribution in [1.29, 1.82) is 0 Å². The first kappa shape index (κ1) is 23.3. The first-order chi connectivity index (χ1) is 17.5. The highest BCUT2D eigenvalue weighted by molar-refractivity contribution is 5.99. The van der Waals surface area contributed by atoms with Crippen molar-refractivity contribution in [2.45, 2.75) is 18.9 Å². The van der Waals surface area contributed by atoms with E-state index in [0.717, 1.165) is 35.1 Å². The van der Waals surface area contributed by atoms with Gasteiger partial charge in [0, 0.05) is 55.3 Å². The van der Waals surface area contributed by atoms with E-state index in [0.29, 0.717) is 24.2 Å². The van der Waals surface area contributed by atoms with Crippen molar-refractivity contribution in [1.82, 2.24) is 25.0 Å². The Balaban J connectivity index is 1.25. The third-order valence-electron chi connectivity index (χ3n) is 6.58. The van der Waals surface area contributed by atoms with Gasteiger partial charge in [-0.05, 0) is 42.2 Å². The van der Waals surface area contributed by atoms with Crippen LogP contribution in [0.4, 0.5) is 5.82 Å². The average molecular weight is 481 g/mol. The lowest BCUT2D eigenvalue weighted by Crippen LogP contribution is -2.43. The average Bonchev–Trinajstić information content (AvgIpc) is 3.57. The normalized spacial score (nSPS) is 15.1. The van der Waals surface area contributed by atoms with Crippen molar-refractivity contribution in [2.24, 2.45) is 7.05 Å². The SMILES string of the molecule is Cn1cc(-c2cnc(N)c(C(=O)NC[C@H]3CCCN3C(=O)c3ccc(-c4ccccc4)cc3)c2)cn1. The molecule has 0 unspecified atom stereocenters. The topological polar surface area (TPSA) is 106 Å². The molecule has 1 fully saturated rings. The Morgan fingerprint density at radius 1 is 1.00 bits per heavy atom. The molecule has 0 radical (unpaired) electrons. The number of aryl methyl sites for hydroxylation is 1. The number of hydrogen-bond donors (Lipinski definition) is 2. The molecule has 4 aromatic rings. The van der Waals surface area contributed by atoms with Crippen LogP contribution in [0.2, 0.25) is 0 Å². The zero-order chi connectivity index (χ0) is 25.1. The van der Waals surface area contributed by atoms with Crippen LogP contribution in [-0.4, -0.2) is 50.6 Å². The summed E-state index contributed by atoms with van der Waals surface area (Å²) in [7, 11) is 1.83. The maximum Gasteiger partial charge on any atom is 0.255 e. The van der Waals surface area contributed by atoms with E-state index >= 15 is 0 Å². The van der Waals surface area contributed by atoms with Gasteiger partial charge in [-0.2, -0.15) is 5.10 Å². The minimum absolute atomic E-state index is 0.0221. The second kappa shape index (κ2) is 10.0. The zero-order valence-electron chi connectivity index (χ0n) is 20.1. The Hall–Kier alpha value is -4.46. The number of amides is 2. The summed E-state index contributed by atoms with van der Waals surface area (Å²) >= 11 is 0. The number of carbonyl (C=O) groups excluding carboxylic acids is 2. The van der Waals surface area contributed by atoms with Crippen molar-refractivity contribution in [3.05, 3.63) is 90.4 Å². The molecule has 5 rings (SSSR count). The number of pyridine rings is 1. The van der Waals surface area contributed by atoms with Gasteiger partial charge >= 0.3 is 0 Å². The zero-order valence-corrected chi connectivity index (χ0v) is 20.1. The molecule has 2 aromatic heterocycles. The molecule has 0 bridgehead atoms. The van der Waals surface area contributed by atoms with Gasteiger partial charge < -0.3 is 16.0 Å². The van der Waals surface area contributed by atoms with Crippen LogP contribution in [0.25, 0.3) is 22.3 Å². The molecule has 8 nitrogen and oxygen atoms in total. The maximum atomic E-state index is 13.3. The van der Waals surface area contributed by atoms with Crippen LogP contribution in [0.3, 0.4) is 0 Å². The molecule has 0 aliphatic carbocycles. The molecule has 1 saturated heterocycles. The molecular weight excluding hydrogens is 452 g/mol. The van der Waals surface area contributed by atoms with E-state index in [1.807, 2.05) is 72.7 Å². The number of benzene rings is 2. The van der Waals surface area contributed by atoms with E-state index in [1.165, 1.54) is 0 Å². The van der Waals surface area contributed by atoms with Gasteiger partial charge in [0.05, 0.1) is 11.8 Å². The van der Waals surface area contributed by atoms with Crippen molar-refractivity contribution < 1.29 is 9.59 Å². The number of carbonyl (C=O) groups is 2. The minimum atomic E-state index is -0.308. The van der Waals surface area contributed by atoms with Crippen molar-refractivity contribution in [3.63, 3.8) is 0 Å². The van der Waals surface area contributed by atoms with Gasteiger partial charge in [0.25, 0.3) is 11.8 Å². The van der Waals surface area contributed by atoms with Crippen molar-refractivity contribution >= 4 is 17.6 Å². The molecule has 2 amide bonds. The molecule has 1 atom stereocenters. The Kier molecular flexibility index (Phi) is 6.49. The highest BCUT2D eigenvalue weighted by Gasteiger charge is 2.30. The molecule has 0 spiro atoms. The first-order valence-corrected chi connectivity index (χ1v) is 12.0. The van der Waals surface area contributed by atoms with Gasteiger partial charge in [0.15, 0.2) is 0 Å². The molecular formula is C28H28N6O2. The van der Waals surface area contributed by atoms with Crippen LogP contribution in [0.15, 0.2) is 79.3 Å². The second-order valence-electron chi connectivity index (χ2n) is 9.01. The Labute approximate surface area is 209 Å². The van der Waals surface area contributed by atoms with Crippen LogP contribution in [0.1, 0.15) is 33.6 Å². The van der Waals surface area contributed by atoms with Gasteiger partial charge in [0.1, 0.15) is 5.82 Å². The Morgan fingerprint density at radius 3 is 2.47 bits per heavy atom. The molecule has 182 valence electrons. The quantitative estimate of drug-likeness (QED) is 0.437. The van der Waals surface area contributed by atoms with Gasteiger partial charge in [-0.25, -0.2) is 4.98 Å². The number of nitrogens with one attached hydrogen (secondary N) is 1. The summed E-state index contributed by atoms with van der Waals surface area (Å²) < 4.78 is 1.69. The summed E-state index contributed by atoms with van der Waals surface area (Å²) in [5.41, 5.74) is 10.8. The molecule has 0 saturated carbocycles. The van der Waals surface area contributed by atoms with Crippen molar-refractivity contribution in [2.75, 3.05) is 18.8 Å². The summed E-state index contributed by atoms with van der Waals surface area (Å²) in [5.74, 6) is -0.165. The summed E-state index contributed by atoms with van der Waals surface area (Å²) in [4.78, 5) is 32.3. The predicted octanol–water partition coefficient (Wildman–Crippen LogP) is 3.77. The Bertz CT molecular complexity index is 1380. The fourth-order valence-corrected chi connectivity index (χ4v) is 4.61. The highest BCUT2D eigenvalue weighted by atomic mass is 16.2. The highest BCUT2D eigenvalue weighted by Crippen LogP contribution is 2.24. The number of nitrogens with two attached hydrogens (primary N) is 1. The summed E-state index contributed by atoms with van der Waals surface area (Å²) in [6.45, 7) is 1.02. The van der Waals surface area contributed by atoms with E-state index in [1.54, 1.807) is 23.1 Å². The molecule has 1 aliphatic heterocycles. The van der Waals surface area contributed by atoms with Gasteiger partial charge in [0.2, 0.25) is 0 Å².